The summed E-state index contributed by atoms with van der Waals surface area (Å²) in [6.45, 7) is 3.84. The quantitative estimate of drug-likeness (QED) is 0.389. The summed E-state index contributed by atoms with van der Waals surface area (Å²) in [5.41, 5.74) is -0.912. The molecular weight excluding hydrogens is 252 g/mol. The zero-order valence-electron chi connectivity index (χ0n) is 11.7. The van der Waals surface area contributed by atoms with E-state index in [2.05, 4.69) is 10.6 Å². The number of hydrogen-bond donors (Lipinski definition) is 4. The normalized spacial score (nSPS) is 12.9. The van der Waals surface area contributed by atoms with E-state index in [-0.39, 0.29) is 25.5 Å². The number of ether oxygens (including phenoxy) is 1. The Labute approximate surface area is 113 Å². The van der Waals surface area contributed by atoms with Gasteiger partial charge in [0.1, 0.15) is 6.10 Å². The van der Waals surface area contributed by atoms with Gasteiger partial charge in [0.05, 0.1) is 13.2 Å². The Morgan fingerprint density at radius 1 is 1.26 bits per heavy atom. The van der Waals surface area contributed by atoms with E-state index in [4.69, 9.17) is 9.84 Å². The van der Waals surface area contributed by atoms with E-state index in [1.807, 2.05) is 0 Å². The lowest BCUT2D eigenvalue weighted by Gasteiger charge is -2.27. The Morgan fingerprint density at radius 3 is 2.42 bits per heavy atom. The van der Waals surface area contributed by atoms with Gasteiger partial charge in [-0.15, -0.1) is 0 Å². The topological polar surface area (TPSA) is 108 Å². The van der Waals surface area contributed by atoms with Crippen molar-refractivity contribution in [2.45, 2.75) is 26.4 Å². The highest BCUT2D eigenvalue weighted by molar-refractivity contribution is 5.82. The molecule has 0 aliphatic heterocycles. The average Bonchev–Trinajstić information content (AvgIpc) is 2.38. The van der Waals surface area contributed by atoms with Crippen LogP contribution in [0.15, 0.2) is 0 Å². The maximum atomic E-state index is 11.6. The van der Waals surface area contributed by atoms with Gasteiger partial charge < -0.3 is 25.6 Å². The summed E-state index contributed by atoms with van der Waals surface area (Å²) in [4.78, 5) is 22.9. The molecule has 2 amide bonds. The summed E-state index contributed by atoms with van der Waals surface area (Å²) in [7, 11) is 1.54. The van der Waals surface area contributed by atoms with Gasteiger partial charge in [-0.1, -0.05) is 13.8 Å². The number of nitrogens with one attached hydrogen (secondary N) is 2. The van der Waals surface area contributed by atoms with Gasteiger partial charge in [-0.2, -0.15) is 0 Å². The molecule has 7 nitrogen and oxygen atoms in total. The number of rotatable bonds is 9. The number of aliphatic hydroxyl groups is 2. The number of aliphatic hydroxyl groups excluding tert-OH is 2. The van der Waals surface area contributed by atoms with Crippen LogP contribution >= 0.6 is 0 Å². The van der Waals surface area contributed by atoms with Crippen LogP contribution in [0.3, 0.4) is 0 Å². The SMILES string of the molecule is COCCNC(=O)CCNC(=O)C(O)C(C)(C)CO. The number of hydrogen-bond acceptors (Lipinski definition) is 5. The van der Waals surface area contributed by atoms with E-state index >= 15 is 0 Å². The smallest absolute Gasteiger partial charge is 0.249 e. The Hall–Kier alpha value is -1.18. The van der Waals surface area contributed by atoms with Crippen molar-refractivity contribution in [2.24, 2.45) is 5.41 Å². The van der Waals surface area contributed by atoms with Gasteiger partial charge in [0.2, 0.25) is 11.8 Å². The monoisotopic (exact) mass is 276 g/mol. The van der Waals surface area contributed by atoms with Crippen LogP contribution < -0.4 is 10.6 Å². The molecule has 112 valence electrons. The molecule has 4 N–H and O–H groups in total. The Balaban J connectivity index is 3.88. The van der Waals surface area contributed by atoms with Crippen molar-refractivity contribution in [3.63, 3.8) is 0 Å². The van der Waals surface area contributed by atoms with Crippen LogP contribution in [0.2, 0.25) is 0 Å². The van der Waals surface area contributed by atoms with Crippen LogP contribution in [0.4, 0.5) is 0 Å². The lowest BCUT2D eigenvalue weighted by atomic mass is 9.87. The third kappa shape index (κ3) is 7.09. The second-order valence-corrected chi connectivity index (χ2v) is 4.93. The molecule has 0 aliphatic rings. The van der Waals surface area contributed by atoms with Crippen LogP contribution in [-0.2, 0) is 14.3 Å². The molecule has 0 saturated carbocycles. The van der Waals surface area contributed by atoms with Crippen molar-refractivity contribution in [2.75, 3.05) is 33.4 Å². The van der Waals surface area contributed by atoms with Crippen LogP contribution in [-0.4, -0.2) is 61.5 Å². The van der Waals surface area contributed by atoms with Crippen molar-refractivity contribution >= 4 is 11.8 Å². The summed E-state index contributed by atoms with van der Waals surface area (Å²) in [6, 6.07) is 0. The van der Waals surface area contributed by atoms with Crippen LogP contribution in [0.25, 0.3) is 0 Å². The number of amides is 2. The lowest BCUT2D eigenvalue weighted by Crippen LogP contribution is -2.46. The van der Waals surface area contributed by atoms with Gasteiger partial charge in [-0.05, 0) is 0 Å². The predicted molar refractivity (Wildman–Crippen MR) is 69.4 cm³/mol. The van der Waals surface area contributed by atoms with Crippen molar-refractivity contribution in [3.05, 3.63) is 0 Å². The molecule has 0 rings (SSSR count). The minimum Gasteiger partial charge on any atom is -0.396 e. The largest absolute Gasteiger partial charge is 0.396 e. The van der Waals surface area contributed by atoms with Crippen molar-refractivity contribution < 1.29 is 24.5 Å². The van der Waals surface area contributed by atoms with E-state index in [0.717, 1.165) is 0 Å². The third-order valence-electron chi connectivity index (χ3n) is 2.68. The van der Waals surface area contributed by atoms with E-state index in [1.54, 1.807) is 13.8 Å². The Bertz CT molecular complexity index is 294. The highest BCUT2D eigenvalue weighted by Gasteiger charge is 2.32. The molecule has 0 aromatic heterocycles. The second kappa shape index (κ2) is 8.84. The summed E-state index contributed by atoms with van der Waals surface area (Å²) in [6.07, 6.45) is -1.18. The first-order valence-corrected chi connectivity index (χ1v) is 6.17. The molecule has 1 unspecified atom stereocenters. The molecule has 0 heterocycles. The van der Waals surface area contributed by atoms with Gasteiger partial charge in [0, 0.05) is 32.0 Å². The molecule has 1 atom stereocenters. The van der Waals surface area contributed by atoms with Crippen molar-refractivity contribution in [1.29, 1.82) is 0 Å². The Kier molecular flexibility index (Phi) is 8.29. The van der Waals surface area contributed by atoms with Gasteiger partial charge in [-0.3, -0.25) is 9.59 Å². The van der Waals surface area contributed by atoms with Gasteiger partial charge in [0.25, 0.3) is 0 Å². The third-order valence-corrected chi connectivity index (χ3v) is 2.68. The molecule has 0 aromatic rings. The molecule has 0 bridgehead atoms. The van der Waals surface area contributed by atoms with Gasteiger partial charge in [0.15, 0.2) is 0 Å². The number of carbonyl (C=O) groups excluding carboxylic acids is 2. The van der Waals surface area contributed by atoms with Gasteiger partial charge in [-0.25, -0.2) is 0 Å². The van der Waals surface area contributed by atoms with Crippen molar-refractivity contribution in [3.8, 4) is 0 Å². The first kappa shape index (κ1) is 17.8. The maximum absolute atomic E-state index is 11.6. The fraction of sp³-hybridized carbons (Fsp3) is 0.833. The van der Waals surface area contributed by atoms with E-state index in [1.165, 1.54) is 7.11 Å². The molecule has 0 aromatic carbocycles. The Morgan fingerprint density at radius 2 is 1.89 bits per heavy atom. The fourth-order valence-corrected chi connectivity index (χ4v) is 1.22. The summed E-state index contributed by atoms with van der Waals surface area (Å²) < 4.78 is 4.77. The first-order valence-electron chi connectivity index (χ1n) is 6.17. The first-order chi connectivity index (χ1) is 8.85. The van der Waals surface area contributed by atoms with E-state index in [9.17, 15) is 14.7 Å². The zero-order valence-corrected chi connectivity index (χ0v) is 11.7. The standard InChI is InChI=1S/C12H24N2O5/c1-12(2,8-15)10(17)11(18)14-5-4-9(16)13-6-7-19-3/h10,15,17H,4-8H2,1-3H3,(H,13,16)(H,14,18). The van der Waals surface area contributed by atoms with Crippen LogP contribution in [0.1, 0.15) is 20.3 Å². The van der Waals surface area contributed by atoms with E-state index < -0.39 is 17.4 Å². The summed E-state index contributed by atoms with van der Waals surface area (Å²) >= 11 is 0. The van der Waals surface area contributed by atoms with Crippen LogP contribution in [0.5, 0.6) is 0 Å². The average molecular weight is 276 g/mol. The van der Waals surface area contributed by atoms with Crippen LogP contribution in [0, 0.1) is 5.41 Å². The van der Waals surface area contributed by atoms with E-state index in [0.29, 0.717) is 13.2 Å². The zero-order chi connectivity index (χ0) is 14.9. The molecular formula is C12H24N2O5. The fourth-order valence-electron chi connectivity index (χ4n) is 1.22. The summed E-state index contributed by atoms with van der Waals surface area (Å²) in [5.74, 6) is -0.794. The minimum absolute atomic E-state index is 0.127. The second-order valence-electron chi connectivity index (χ2n) is 4.93. The molecule has 0 radical (unpaired) electrons. The highest BCUT2D eigenvalue weighted by atomic mass is 16.5. The highest BCUT2D eigenvalue weighted by Crippen LogP contribution is 2.19. The molecule has 0 saturated heterocycles. The molecule has 0 aliphatic carbocycles. The summed E-state index contributed by atoms with van der Waals surface area (Å²) in [5, 5.41) is 23.8. The maximum Gasteiger partial charge on any atom is 0.249 e. The minimum atomic E-state index is -1.31. The van der Waals surface area contributed by atoms with Gasteiger partial charge >= 0.3 is 0 Å². The number of carbonyl (C=O) groups is 2. The number of methoxy groups -OCH3 is 1. The molecule has 7 heteroatoms. The predicted octanol–water partition coefficient (Wildman–Crippen LogP) is -1.37. The van der Waals surface area contributed by atoms with Crippen molar-refractivity contribution in [1.82, 2.24) is 10.6 Å². The lowest BCUT2D eigenvalue weighted by molar-refractivity contribution is -0.137. The molecule has 0 fully saturated rings. The molecule has 0 spiro atoms. The molecule has 19 heavy (non-hydrogen) atoms.